The fourth-order valence-electron chi connectivity index (χ4n) is 4.35. The predicted octanol–water partition coefficient (Wildman–Crippen LogP) is 5.80. The van der Waals surface area contributed by atoms with Gasteiger partial charge in [0.25, 0.3) is 5.91 Å². The summed E-state index contributed by atoms with van der Waals surface area (Å²) in [5, 5.41) is 2.74. The lowest BCUT2D eigenvalue weighted by Crippen LogP contribution is -2.45. The Kier molecular flexibility index (Phi) is 7.33. The number of pyridine rings is 1. The predicted molar refractivity (Wildman–Crippen MR) is 130 cm³/mol. The van der Waals surface area contributed by atoms with Gasteiger partial charge >= 0.3 is 6.18 Å². The number of aromatic nitrogens is 1. The summed E-state index contributed by atoms with van der Waals surface area (Å²) >= 11 is 12.9. The Morgan fingerprint density at radius 2 is 1.97 bits per heavy atom. The number of alkyl halides is 3. The van der Waals surface area contributed by atoms with Crippen molar-refractivity contribution in [3.05, 3.63) is 68.8 Å². The van der Waals surface area contributed by atoms with Crippen molar-refractivity contribution in [2.24, 2.45) is 0 Å². The molecule has 2 aromatic carbocycles. The zero-order valence-electron chi connectivity index (χ0n) is 19.4. The third-order valence-corrected chi connectivity index (χ3v) is 6.87. The fourth-order valence-corrected chi connectivity index (χ4v) is 4.91. The lowest BCUT2D eigenvalue weighted by molar-refractivity contribution is -0.136. The van der Waals surface area contributed by atoms with Crippen LogP contribution in [-0.2, 0) is 17.6 Å². The quantitative estimate of drug-likeness (QED) is 0.444. The Morgan fingerprint density at radius 3 is 2.67 bits per heavy atom. The Hall–Kier alpha value is -3.04. The monoisotopic (exact) mass is 539 g/mol. The summed E-state index contributed by atoms with van der Waals surface area (Å²) in [5.41, 5.74) is -0.127. The molecule has 1 atom stereocenters. The number of hydrogen-bond donors (Lipinski definition) is 1. The van der Waals surface area contributed by atoms with Crippen LogP contribution in [0, 0.1) is 6.92 Å². The van der Waals surface area contributed by atoms with E-state index in [1.165, 1.54) is 49.2 Å². The van der Waals surface area contributed by atoms with Gasteiger partial charge in [-0.15, -0.1) is 0 Å². The second-order valence-electron chi connectivity index (χ2n) is 8.41. The molecule has 2 amide bonds. The lowest BCUT2D eigenvalue weighted by atomic mass is 10.1. The van der Waals surface area contributed by atoms with Gasteiger partial charge in [0.05, 0.1) is 16.1 Å². The summed E-state index contributed by atoms with van der Waals surface area (Å²) in [6.07, 6.45) is -3.34. The Bertz CT molecular complexity index is 1350. The number of ether oxygens (including phenoxy) is 1. The maximum Gasteiger partial charge on any atom is 0.417 e. The molecule has 1 aromatic heterocycles. The molecule has 0 bridgehead atoms. The first-order valence-corrected chi connectivity index (χ1v) is 11.9. The number of fused-ring (bicyclic) bond motifs is 1. The molecule has 0 saturated carbocycles. The van der Waals surface area contributed by atoms with Gasteiger partial charge in [0, 0.05) is 35.3 Å². The van der Waals surface area contributed by atoms with Gasteiger partial charge in [0.15, 0.2) is 0 Å². The lowest BCUT2D eigenvalue weighted by Gasteiger charge is -2.24. The zero-order chi connectivity index (χ0) is 26.2. The van der Waals surface area contributed by atoms with E-state index in [4.69, 9.17) is 27.9 Å². The van der Waals surface area contributed by atoms with Gasteiger partial charge in [-0.3, -0.25) is 9.59 Å². The van der Waals surface area contributed by atoms with E-state index >= 15 is 0 Å². The minimum Gasteiger partial charge on any atom is -0.487 e. The van der Waals surface area contributed by atoms with E-state index in [-0.39, 0.29) is 50.5 Å². The molecule has 36 heavy (non-hydrogen) atoms. The second kappa shape index (κ2) is 10.1. The first-order valence-electron chi connectivity index (χ1n) is 11.1. The molecule has 190 valence electrons. The molecule has 1 aliphatic heterocycles. The SMILES string of the molecule is CNC(=O)[C@@H]1CCCN1C(=O)c1ccc(Cl)c(COc2cccc3c(C(F)(F)F)cc(C)nc23)c1Cl. The van der Waals surface area contributed by atoms with Gasteiger partial charge in [-0.1, -0.05) is 35.3 Å². The van der Waals surface area contributed by atoms with E-state index in [9.17, 15) is 22.8 Å². The highest BCUT2D eigenvalue weighted by Gasteiger charge is 2.36. The Morgan fingerprint density at radius 1 is 1.22 bits per heavy atom. The second-order valence-corrected chi connectivity index (χ2v) is 9.19. The third kappa shape index (κ3) is 4.95. The number of rotatable bonds is 5. The van der Waals surface area contributed by atoms with Crippen molar-refractivity contribution in [1.82, 2.24) is 15.2 Å². The van der Waals surface area contributed by atoms with E-state index in [1.807, 2.05) is 0 Å². The molecule has 0 unspecified atom stereocenters. The summed E-state index contributed by atoms with van der Waals surface area (Å²) in [6.45, 7) is 1.66. The van der Waals surface area contributed by atoms with E-state index in [0.29, 0.717) is 24.9 Å². The van der Waals surface area contributed by atoms with E-state index < -0.39 is 23.7 Å². The van der Waals surface area contributed by atoms with E-state index in [1.54, 1.807) is 0 Å². The minimum absolute atomic E-state index is 0.0507. The molecule has 3 aromatic rings. The first kappa shape index (κ1) is 26.0. The molecule has 1 fully saturated rings. The summed E-state index contributed by atoms with van der Waals surface area (Å²) in [4.78, 5) is 31.1. The molecular weight excluding hydrogens is 518 g/mol. The summed E-state index contributed by atoms with van der Waals surface area (Å²) in [5.74, 6) is -0.558. The first-order chi connectivity index (χ1) is 17.0. The Balaban J connectivity index is 1.66. The van der Waals surface area contributed by atoms with Gasteiger partial charge in [-0.25, -0.2) is 4.98 Å². The molecule has 1 saturated heterocycles. The number of aryl methyl sites for hydroxylation is 1. The van der Waals surface area contributed by atoms with Gasteiger partial charge in [-0.05, 0) is 44.0 Å². The number of nitrogens with zero attached hydrogens (tertiary/aromatic N) is 2. The Labute approximate surface area is 215 Å². The van der Waals surface area contributed by atoms with Crippen molar-refractivity contribution < 1.29 is 27.5 Å². The molecule has 0 radical (unpaired) electrons. The normalized spacial score (nSPS) is 15.9. The van der Waals surface area contributed by atoms with Crippen molar-refractivity contribution in [3.63, 3.8) is 0 Å². The number of likely N-dealkylation sites (tertiary alicyclic amines) is 1. The standard InChI is InChI=1S/C25H22Cl2F3N3O3/c1-13-11-17(25(28,29)30)14-5-3-7-20(22(14)32-13)36-12-16-18(26)9-8-15(21(16)27)24(35)33-10-4-6-19(33)23(34)31-2/h3,5,7-9,11,19H,4,6,10,12H2,1-2H3,(H,31,34)/t19-/m0/s1. The summed E-state index contributed by atoms with van der Waals surface area (Å²) in [7, 11) is 1.51. The molecule has 4 rings (SSSR count). The van der Waals surface area contributed by atoms with Crippen LogP contribution in [0.4, 0.5) is 13.2 Å². The number of para-hydroxylation sites is 1. The van der Waals surface area contributed by atoms with E-state index in [0.717, 1.165) is 6.07 Å². The van der Waals surface area contributed by atoms with Crippen LogP contribution >= 0.6 is 23.2 Å². The van der Waals surface area contributed by atoms with Crippen molar-refractivity contribution in [3.8, 4) is 5.75 Å². The average Bonchev–Trinajstić information content (AvgIpc) is 3.32. The molecule has 11 heteroatoms. The van der Waals surface area contributed by atoms with Crippen LogP contribution in [0.5, 0.6) is 5.75 Å². The van der Waals surface area contributed by atoms with Crippen LogP contribution in [0.25, 0.3) is 10.9 Å². The smallest absolute Gasteiger partial charge is 0.417 e. The molecule has 0 spiro atoms. The summed E-state index contributed by atoms with van der Waals surface area (Å²) in [6, 6.07) is 7.64. The molecule has 2 heterocycles. The molecule has 1 N–H and O–H groups in total. The molecule has 0 aliphatic carbocycles. The number of carbonyl (C=O) groups excluding carboxylic acids is 2. The average molecular weight is 540 g/mol. The van der Waals surface area contributed by atoms with Gasteiger partial charge < -0.3 is 15.0 Å². The van der Waals surface area contributed by atoms with Crippen LogP contribution in [0.1, 0.15) is 40.0 Å². The molecule has 1 aliphatic rings. The zero-order valence-corrected chi connectivity index (χ0v) is 20.9. The van der Waals surface area contributed by atoms with Crippen LogP contribution < -0.4 is 10.1 Å². The highest BCUT2D eigenvalue weighted by Crippen LogP contribution is 2.38. The number of benzene rings is 2. The fraction of sp³-hybridized carbons (Fsp3) is 0.320. The topological polar surface area (TPSA) is 71.5 Å². The molecular formula is C25H22Cl2F3N3O3. The minimum atomic E-state index is -4.56. The number of likely N-dealkylation sites (N-methyl/N-ethyl adjacent to an activating group) is 1. The van der Waals surface area contributed by atoms with Gasteiger partial charge in [0.1, 0.15) is 23.9 Å². The maximum absolute atomic E-state index is 13.6. The maximum atomic E-state index is 13.6. The molecule has 6 nitrogen and oxygen atoms in total. The van der Waals surface area contributed by atoms with Gasteiger partial charge in [0.2, 0.25) is 5.91 Å². The highest BCUT2D eigenvalue weighted by atomic mass is 35.5. The third-order valence-electron chi connectivity index (χ3n) is 6.09. The van der Waals surface area contributed by atoms with Crippen LogP contribution in [-0.4, -0.2) is 41.3 Å². The number of carbonyl (C=O) groups is 2. The van der Waals surface area contributed by atoms with E-state index in [2.05, 4.69) is 10.3 Å². The van der Waals surface area contributed by atoms with Crippen molar-refractivity contribution in [2.75, 3.05) is 13.6 Å². The summed E-state index contributed by atoms with van der Waals surface area (Å²) < 4.78 is 46.5. The number of nitrogens with one attached hydrogen (secondary N) is 1. The number of hydrogen-bond acceptors (Lipinski definition) is 4. The van der Waals surface area contributed by atoms with Crippen molar-refractivity contribution in [1.29, 1.82) is 0 Å². The largest absolute Gasteiger partial charge is 0.487 e. The highest BCUT2D eigenvalue weighted by molar-refractivity contribution is 6.38. The van der Waals surface area contributed by atoms with Crippen LogP contribution in [0.2, 0.25) is 10.0 Å². The van der Waals surface area contributed by atoms with Gasteiger partial charge in [-0.2, -0.15) is 13.2 Å². The van der Waals surface area contributed by atoms with Crippen molar-refractivity contribution in [2.45, 2.75) is 38.6 Å². The van der Waals surface area contributed by atoms with Crippen LogP contribution in [0.15, 0.2) is 36.4 Å². The number of amides is 2. The van der Waals surface area contributed by atoms with Crippen molar-refractivity contribution >= 4 is 45.9 Å². The number of halogens is 5. The van der Waals surface area contributed by atoms with Crippen LogP contribution in [0.3, 0.4) is 0 Å².